The molecule has 0 saturated carbocycles. The highest BCUT2D eigenvalue weighted by Crippen LogP contribution is 2.26. The van der Waals surface area contributed by atoms with Gasteiger partial charge in [-0.2, -0.15) is 0 Å². The average molecular weight is 338 g/mol. The Balaban J connectivity index is 1.88. The number of guanidine groups is 1. The van der Waals surface area contributed by atoms with Crippen molar-refractivity contribution in [3.63, 3.8) is 0 Å². The lowest BCUT2D eigenvalue weighted by atomic mass is 10.2. The fraction of sp³-hybridized carbons (Fsp3) is 0.250. The van der Waals surface area contributed by atoms with Gasteiger partial charge in [0, 0.05) is 30.4 Å². The van der Waals surface area contributed by atoms with Crippen LogP contribution in [0.15, 0.2) is 53.7 Å². The first-order valence-corrected chi connectivity index (χ1v) is 7.21. The Morgan fingerprint density at radius 1 is 1.17 bits per heavy atom. The molecule has 0 unspecified atom stereocenters. The monoisotopic (exact) mass is 338 g/mol. The van der Waals surface area contributed by atoms with Crippen LogP contribution in [0.4, 0.5) is 13.2 Å². The molecule has 8 heteroatoms. The van der Waals surface area contributed by atoms with Crippen LogP contribution in [0.25, 0.3) is 0 Å². The SMILES string of the molecule is NC(=NCc1ccccc1OC(F)(F)F)NCCc1ccccn1. The molecule has 0 saturated heterocycles. The number of nitrogens with one attached hydrogen (secondary N) is 1. The van der Waals surface area contributed by atoms with Crippen LogP contribution >= 0.6 is 0 Å². The van der Waals surface area contributed by atoms with Gasteiger partial charge in [0.1, 0.15) is 5.75 Å². The summed E-state index contributed by atoms with van der Waals surface area (Å²) < 4.78 is 41.0. The molecule has 2 rings (SSSR count). The maximum Gasteiger partial charge on any atom is 0.573 e. The van der Waals surface area contributed by atoms with E-state index in [1.54, 1.807) is 12.3 Å². The minimum atomic E-state index is -4.74. The van der Waals surface area contributed by atoms with E-state index in [9.17, 15) is 13.2 Å². The highest BCUT2D eigenvalue weighted by molar-refractivity contribution is 5.77. The van der Waals surface area contributed by atoms with Crippen LogP contribution in [-0.2, 0) is 13.0 Å². The second-order valence-corrected chi connectivity index (χ2v) is 4.85. The second-order valence-electron chi connectivity index (χ2n) is 4.85. The molecule has 0 bridgehead atoms. The zero-order valence-corrected chi connectivity index (χ0v) is 12.8. The van der Waals surface area contributed by atoms with E-state index in [-0.39, 0.29) is 18.3 Å². The Morgan fingerprint density at radius 2 is 1.92 bits per heavy atom. The zero-order chi connectivity index (χ0) is 17.4. The van der Waals surface area contributed by atoms with Crippen LogP contribution in [-0.4, -0.2) is 23.9 Å². The van der Waals surface area contributed by atoms with E-state index in [1.165, 1.54) is 18.2 Å². The molecule has 3 N–H and O–H groups in total. The van der Waals surface area contributed by atoms with E-state index in [1.807, 2.05) is 18.2 Å². The lowest BCUT2D eigenvalue weighted by Gasteiger charge is -2.12. The number of nitrogens with two attached hydrogens (primary N) is 1. The molecule has 1 aromatic heterocycles. The number of hydrogen-bond acceptors (Lipinski definition) is 3. The summed E-state index contributed by atoms with van der Waals surface area (Å²) in [5, 5.41) is 2.89. The third-order valence-electron chi connectivity index (χ3n) is 3.03. The number of hydrogen-bond donors (Lipinski definition) is 2. The Kier molecular flexibility index (Phi) is 6.00. The average Bonchev–Trinajstić information content (AvgIpc) is 2.54. The van der Waals surface area contributed by atoms with Crippen LogP contribution in [0, 0.1) is 0 Å². The number of aromatic nitrogens is 1. The Morgan fingerprint density at radius 3 is 2.62 bits per heavy atom. The van der Waals surface area contributed by atoms with Crippen molar-refractivity contribution in [3.05, 3.63) is 59.9 Å². The standard InChI is InChI=1S/C16H17F3N4O/c17-16(18,19)24-14-7-2-1-5-12(14)11-23-15(20)22-10-8-13-6-3-4-9-21-13/h1-7,9H,8,10-11H2,(H3,20,22,23). The third-order valence-corrected chi connectivity index (χ3v) is 3.03. The summed E-state index contributed by atoms with van der Waals surface area (Å²) in [6.07, 6.45) is -2.39. The number of benzene rings is 1. The van der Waals surface area contributed by atoms with E-state index in [0.717, 1.165) is 5.69 Å². The highest BCUT2D eigenvalue weighted by atomic mass is 19.4. The summed E-state index contributed by atoms with van der Waals surface area (Å²) in [5.41, 5.74) is 6.92. The van der Waals surface area contributed by atoms with E-state index >= 15 is 0 Å². The van der Waals surface area contributed by atoms with Crippen molar-refractivity contribution in [2.45, 2.75) is 19.3 Å². The first kappa shape index (κ1) is 17.6. The molecule has 0 fully saturated rings. The molecular formula is C16H17F3N4O. The van der Waals surface area contributed by atoms with Gasteiger partial charge in [-0.05, 0) is 18.2 Å². The summed E-state index contributed by atoms with van der Waals surface area (Å²) in [6, 6.07) is 11.4. The molecule has 0 aliphatic heterocycles. The maximum absolute atomic E-state index is 12.3. The Labute approximate surface area is 137 Å². The first-order valence-electron chi connectivity index (χ1n) is 7.21. The molecule has 5 nitrogen and oxygen atoms in total. The minimum absolute atomic E-state index is 0.0192. The van der Waals surface area contributed by atoms with Gasteiger partial charge in [0.2, 0.25) is 0 Å². The smallest absolute Gasteiger partial charge is 0.405 e. The molecule has 1 heterocycles. The van der Waals surface area contributed by atoms with Crippen molar-refractivity contribution in [3.8, 4) is 5.75 Å². The lowest BCUT2D eigenvalue weighted by Crippen LogP contribution is -2.33. The number of nitrogens with zero attached hydrogens (tertiary/aromatic N) is 2. The normalized spacial score (nSPS) is 12.0. The van der Waals surface area contributed by atoms with E-state index < -0.39 is 6.36 Å². The molecule has 0 aliphatic carbocycles. The van der Waals surface area contributed by atoms with Crippen molar-refractivity contribution >= 4 is 5.96 Å². The Hall–Kier alpha value is -2.77. The van der Waals surface area contributed by atoms with Crippen LogP contribution in [0.1, 0.15) is 11.3 Å². The van der Waals surface area contributed by atoms with Crippen LogP contribution < -0.4 is 15.8 Å². The largest absolute Gasteiger partial charge is 0.573 e. The van der Waals surface area contributed by atoms with Gasteiger partial charge < -0.3 is 15.8 Å². The number of alkyl halides is 3. The third kappa shape index (κ3) is 6.15. The molecule has 0 amide bonds. The van der Waals surface area contributed by atoms with Gasteiger partial charge in [-0.1, -0.05) is 24.3 Å². The van der Waals surface area contributed by atoms with Crippen molar-refractivity contribution in [2.24, 2.45) is 10.7 Å². The number of halogens is 3. The van der Waals surface area contributed by atoms with E-state index in [4.69, 9.17) is 5.73 Å². The number of aliphatic imine (C=N–C) groups is 1. The molecular weight excluding hydrogens is 321 g/mol. The molecule has 0 spiro atoms. The van der Waals surface area contributed by atoms with Crippen LogP contribution in [0.2, 0.25) is 0 Å². The van der Waals surface area contributed by atoms with Gasteiger partial charge in [-0.25, -0.2) is 4.99 Å². The Bertz CT molecular complexity index is 675. The van der Waals surface area contributed by atoms with Gasteiger partial charge in [-0.3, -0.25) is 4.98 Å². The minimum Gasteiger partial charge on any atom is -0.405 e. The van der Waals surface area contributed by atoms with Crippen molar-refractivity contribution < 1.29 is 17.9 Å². The van der Waals surface area contributed by atoms with Crippen LogP contribution in [0.5, 0.6) is 5.75 Å². The lowest BCUT2D eigenvalue weighted by molar-refractivity contribution is -0.274. The number of pyridine rings is 1. The molecule has 0 radical (unpaired) electrons. The number of para-hydroxylation sites is 1. The quantitative estimate of drug-likeness (QED) is 0.627. The molecule has 2 aromatic rings. The fourth-order valence-electron chi connectivity index (χ4n) is 1.95. The maximum atomic E-state index is 12.3. The van der Waals surface area contributed by atoms with Crippen LogP contribution in [0.3, 0.4) is 0 Å². The summed E-state index contributed by atoms with van der Waals surface area (Å²) in [4.78, 5) is 8.20. The first-order chi connectivity index (χ1) is 11.4. The topological polar surface area (TPSA) is 72.5 Å². The number of rotatable bonds is 6. The zero-order valence-electron chi connectivity index (χ0n) is 12.8. The number of ether oxygens (including phenoxy) is 1. The predicted octanol–water partition coefficient (Wildman–Crippen LogP) is 2.63. The fourth-order valence-corrected chi connectivity index (χ4v) is 1.95. The van der Waals surface area contributed by atoms with Crippen molar-refractivity contribution in [1.29, 1.82) is 0 Å². The second kappa shape index (κ2) is 8.19. The summed E-state index contributed by atoms with van der Waals surface area (Å²) >= 11 is 0. The van der Waals surface area contributed by atoms with Gasteiger partial charge >= 0.3 is 6.36 Å². The van der Waals surface area contributed by atoms with Gasteiger partial charge in [-0.15, -0.1) is 13.2 Å². The summed E-state index contributed by atoms with van der Waals surface area (Å²) in [6.45, 7) is 0.502. The van der Waals surface area contributed by atoms with Crippen molar-refractivity contribution in [2.75, 3.05) is 6.54 Å². The summed E-state index contributed by atoms with van der Waals surface area (Å²) in [5.74, 6) is -0.136. The van der Waals surface area contributed by atoms with Gasteiger partial charge in [0.25, 0.3) is 0 Å². The molecule has 24 heavy (non-hydrogen) atoms. The molecule has 1 aromatic carbocycles. The van der Waals surface area contributed by atoms with Crippen molar-refractivity contribution in [1.82, 2.24) is 10.3 Å². The molecule has 0 aliphatic rings. The summed E-state index contributed by atoms with van der Waals surface area (Å²) in [7, 11) is 0. The van der Waals surface area contributed by atoms with Gasteiger partial charge in [0.15, 0.2) is 5.96 Å². The molecule has 128 valence electrons. The molecule has 0 atom stereocenters. The predicted molar refractivity (Wildman–Crippen MR) is 84.4 cm³/mol. The highest BCUT2D eigenvalue weighted by Gasteiger charge is 2.31. The van der Waals surface area contributed by atoms with Gasteiger partial charge in [0.05, 0.1) is 6.54 Å². The van der Waals surface area contributed by atoms with E-state index in [0.29, 0.717) is 18.5 Å². The van der Waals surface area contributed by atoms with E-state index in [2.05, 4.69) is 20.0 Å².